The van der Waals surface area contributed by atoms with Crippen molar-refractivity contribution < 1.29 is 23.1 Å². The molecule has 116 valence electrons. The third kappa shape index (κ3) is 3.69. The van der Waals surface area contributed by atoms with Gasteiger partial charge in [0.2, 0.25) is 0 Å². The summed E-state index contributed by atoms with van der Waals surface area (Å²) in [6, 6.07) is -0.283. The smallest absolute Gasteiger partial charge is 0.306 e. The summed E-state index contributed by atoms with van der Waals surface area (Å²) in [5.41, 5.74) is 0. The fourth-order valence-electron chi connectivity index (χ4n) is 2.92. The number of morpholine rings is 1. The normalized spacial score (nSPS) is 36.1. The van der Waals surface area contributed by atoms with E-state index in [0.717, 1.165) is 0 Å². The first-order chi connectivity index (χ1) is 9.28. The maximum Gasteiger partial charge on any atom is 0.306 e. The summed E-state index contributed by atoms with van der Waals surface area (Å²) >= 11 is 0. The largest absolute Gasteiger partial charge is 0.481 e. The minimum absolute atomic E-state index is 0.134. The molecule has 2 fully saturated rings. The number of carboxylic acid groups (broad SMARTS) is 1. The molecule has 8 heteroatoms. The summed E-state index contributed by atoms with van der Waals surface area (Å²) in [4.78, 5) is 10.9. The van der Waals surface area contributed by atoms with E-state index in [1.807, 2.05) is 13.8 Å². The quantitative estimate of drug-likeness (QED) is 0.772. The fourth-order valence-corrected chi connectivity index (χ4v) is 4.52. The first-order valence-electron chi connectivity index (χ1n) is 6.93. The topological polar surface area (TPSA) is 95.9 Å². The Kier molecular flexibility index (Phi) is 4.68. The summed E-state index contributed by atoms with van der Waals surface area (Å²) in [7, 11) is -3.57. The van der Waals surface area contributed by atoms with Crippen molar-refractivity contribution in [3.8, 4) is 0 Å². The predicted octanol–water partition coefficient (Wildman–Crippen LogP) is 0.183. The monoisotopic (exact) mass is 306 g/mol. The van der Waals surface area contributed by atoms with Crippen LogP contribution < -0.4 is 4.72 Å². The summed E-state index contributed by atoms with van der Waals surface area (Å²) in [6.07, 6.45) is 1.20. The Labute approximate surface area is 119 Å². The highest BCUT2D eigenvalue weighted by Crippen LogP contribution is 2.26. The van der Waals surface area contributed by atoms with Gasteiger partial charge in [-0.1, -0.05) is 0 Å². The molecular weight excluding hydrogens is 284 g/mol. The number of hydrogen-bond acceptors (Lipinski definition) is 4. The van der Waals surface area contributed by atoms with Crippen molar-refractivity contribution in [3.05, 3.63) is 0 Å². The zero-order chi connectivity index (χ0) is 14.9. The fraction of sp³-hybridized carbons (Fsp3) is 0.917. The Bertz CT molecular complexity index is 456. The number of hydrogen-bond donors (Lipinski definition) is 2. The highest BCUT2D eigenvalue weighted by atomic mass is 32.2. The Balaban J connectivity index is 1.96. The molecule has 0 radical (unpaired) electrons. The van der Waals surface area contributed by atoms with Crippen LogP contribution in [0.5, 0.6) is 0 Å². The molecule has 7 nitrogen and oxygen atoms in total. The molecule has 20 heavy (non-hydrogen) atoms. The van der Waals surface area contributed by atoms with Crippen LogP contribution in [0.3, 0.4) is 0 Å². The Morgan fingerprint density at radius 3 is 2.35 bits per heavy atom. The maximum atomic E-state index is 12.3. The van der Waals surface area contributed by atoms with E-state index in [2.05, 4.69) is 4.72 Å². The van der Waals surface area contributed by atoms with Gasteiger partial charge in [-0.15, -0.1) is 0 Å². The molecule has 0 aromatic rings. The summed E-state index contributed by atoms with van der Waals surface area (Å²) in [5, 5.41) is 8.94. The van der Waals surface area contributed by atoms with Crippen molar-refractivity contribution in [2.24, 2.45) is 5.92 Å². The second-order valence-corrected chi connectivity index (χ2v) is 7.44. The molecule has 2 rings (SSSR count). The van der Waals surface area contributed by atoms with E-state index < -0.39 is 22.1 Å². The molecule has 1 aliphatic carbocycles. The molecular formula is C12H22N2O5S. The van der Waals surface area contributed by atoms with Gasteiger partial charge in [0.15, 0.2) is 0 Å². The Hall–Kier alpha value is -0.700. The number of carboxylic acids is 1. The molecule has 1 saturated heterocycles. The van der Waals surface area contributed by atoms with Gasteiger partial charge < -0.3 is 9.84 Å². The van der Waals surface area contributed by atoms with E-state index in [1.54, 1.807) is 0 Å². The molecule has 0 aromatic heterocycles. The van der Waals surface area contributed by atoms with Crippen molar-refractivity contribution >= 4 is 16.2 Å². The van der Waals surface area contributed by atoms with Crippen molar-refractivity contribution in [1.82, 2.24) is 9.03 Å². The van der Waals surface area contributed by atoms with Crippen LogP contribution in [0, 0.1) is 5.92 Å². The zero-order valence-electron chi connectivity index (χ0n) is 11.8. The number of nitrogens with zero attached hydrogens (tertiary/aromatic N) is 1. The number of nitrogens with one attached hydrogen (secondary N) is 1. The van der Waals surface area contributed by atoms with E-state index in [4.69, 9.17) is 9.84 Å². The van der Waals surface area contributed by atoms with Crippen LogP contribution in [0.1, 0.15) is 33.1 Å². The molecule has 0 bridgehead atoms. The average molecular weight is 306 g/mol. The van der Waals surface area contributed by atoms with Gasteiger partial charge in [-0.3, -0.25) is 4.79 Å². The van der Waals surface area contributed by atoms with E-state index >= 15 is 0 Å². The van der Waals surface area contributed by atoms with Gasteiger partial charge in [-0.2, -0.15) is 17.4 Å². The SMILES string of the molecule is CC1CN(S(=O)(=O)NC2CCC(C(=O)O)C2)CC(C)O1. The van der Waals surface area contributed by atoms with Crippen molar-refractivity contribution in [3.63, 3.8) is 0 Å². The third-order valence-electron chi connectivity index (χ3n) is 3.82. The van der Waals surface area contributed by atoms with Gasteiger partial charge in [0, 0.05) is 19.1 Å². The van der Waals surface area contributed by atoms with Gasteiger partial charge in [-0.05, 0) is 33.1 Å². The first kappa shape index (κ1) is 15.7. The highest BCUT2D eigenvalue weighted by molar-refractivity contribution is 7.87. The third-order valence-corrected chi connectivity index (χ3v) is 5.43. The molecule has 1 saturated carbocycles. The van der Waals surface area contributed by atoms with Crippen LogP contribution in [0.25, 0.3) is 0 Å². The van der Waals surface area contributed by atoms with Gasteiger partial charge in [0.25, 0.3) is 10.2 Å². The van der Waals surface area contributed by atoms with Gasteiger partial charge in [-0.25, -0.2) is 0 Å². The molecule has 4 atom stereocenters. The van der Waals surface area contributed by atoms with Gasteiger partial charge in [0.1, 0.15) is 0 Å². The average Bonchev–Trinajstić information content (AvgIpc) is 2.75. The van der Waals surface area contributed by atoms with Crippen LogP contribution >= 0.6 is 0 Å². The molecule has 0 aromatic carbocycles. The summed E-state index contributed by atoms with van der Waals surface area (Å²) in [5.74, 6) is -1.29. The van der Waals surface area contributed by atoms with E-state index in [0.29, 0.717) is 32.4 Å². The summed E-state index contributed by atoms with van der Waals surface area (Å²) in [6.45, 7) is 4.34. The predicted molar refractivity (Wildman–Crippen MR) is 72.4 cm³/mol. The standard InChI is InChI=1S/C12H22N2O5S/c1-8-6-14(7-9(2)19-8)20(17,18)13-11-4-3-10(5-11)12(15)16/h8-11,13H,3-7H2,1-2H3,(H,15,16). The van der Waals surface area contributed by atoms with Crippen molar-refractivity contribution in [1.29, 1.82) is 0 Å². The van der Waals surface area contributed by atoms with E-state index in [1.165, 1.54) is 4.31 Å². The van der Waals surface area contributed by atoms with Crippen LogP contribution in [-0.4, -0.2) is 55.1 Å². The van der Waals surface area contributed by atoms with Crippen molar-refractivity contribution in [2.45, 2.75) is 51.4 Å². The van der Waals surface area contributed by atoms with Crippen molar-refractivity contribution in [2.75, 3.05) is 13.1 Å². The van der Waals surface area contributed by atoms with Gasteiger partial charge in [0.05, 0.1) is 18.1 Å². The lowest BCUT2D eigenvalue weighted by Gasteiger charge is -2.35. The number of aliphatic carboxylic acids is 1. The maximum absolute atomic E-state index is 12.3. The number of carbonyl (C=O) groups is 1. The molecule has 1 heterocycles. The van der Waals surface area contributed by atoms with Crippen LogP contribution in [0.2, 0.25) is 0 Å². The Morgan fingerprint density at radius 1 is 1.25 bits per heavy atom. The lowest BCUT2D eigenvalue weighted by atomic mass is 10.1. The molecule has 0 amide bonds. The molecule has 4 unspecified atom stereocenters. The minimum Gasteiger partial charge on any atom is -0.481 e. The summed E-state index contributed by atoms with van der Waals surface area (Å²) < 4.78 is 34.2. The molecule has 0 spiro atoms. The molecule has 1 aliphatic heterocycles. The highest BCUT2D eigenvalue weighted by Gasteiger charge is 2.36. The van der Waals surface area contributed by atoms with E-state index in [9.17, 15) is 13.2 Å². The van der Waals surface area contributed by atoms with E-state index in [-0.39, 0.29) is 18.2 Å². The molecule has 2 N–H and O–H groups in total. The number of ether oxygens (including phenoxy) is 1. The lowest BCUT2D eigenvalue weighted by Crippen LogP contribution is -2.53. The minimum atomic E-state index is -3.57. The number of rotatable bonds is 4. The first-order valence-corrected chi connectivity index (χ1v) is 8.37. The Morgan fingerprint density at radius 2 is 1.85 bits per heavy atom. The second kappa shape index (κ2) is 5.97. The van der Waals surface area contributed by atoms with Crippen LogP contribution in [0.4, 0.5) is 0 Å². The van der Waals surface area contributed by atoms with Gasteiger partial charge >= 0.3 is 5.97 Å². The van der Waals surface area contributed by atoms with Crippen LogP contribution in [0.15, 0.2) is 0 Å². The van der Waals surface area contributed by atoms with Crippen LogP contribution in [-0.2, 0) is 19.7 Å². The second-order valence-electron chi connectivity index (χ2n) is 5.74. The molecule has 2 aliphatic rings. The lowest BCUT2D eigenvalue weighted by molar-refractivity contribution is -0.141. The zero-order valence-corrected chi connectivity index (χ0v) is 12.6.